The maximum absolute atomic E-state index is 4.76. The average Bonchev–Trinajstić information content (AvgIpc) is 3.11. The zero-order chi connectivity index (χ0) is 13.5. The van der Waals surface area contributed by atoms with Crippen molar-refractivity contribution in [2.75, 3.05) is 7.05 Å². The molecule has 0 spiro atoms. The van der Waals surface area contributed by atoms with Gasteiger partial charge in [-0.2, -0.15) is 0 Å². The van der Waals surface area contributed by atoms with Gasteiger partial charge in [-0.25, -0.2) is 0 Å². The molecule has 2 heteroatoms. The number of rotatable bonds is 3. The summed E-state index contributed by atoms with van der Waals surface area (Å²) in [6.45, 7) is 0. The molecule has 3 aliphatic carbocycles. The number of aryl methyl sites for hydroxylation is 1. The third-order valence-corrected chi connectivity index (χ3v) is 6.26. The fraction of sp³-hybridized carbons (Fsp3) is 0.722. The summed E-state index contributed by atoms with van der Waals surface area (Å²) < 4.78 is 0. The van der Waals surface area contributed by atoms with Crippen LogP contribution < -0.4 is 5.32 Å². The maximum Gasteiger partial charge on any atom is 0.0482 e. The molecular weight excluding hydrogens is 244 g/mol. The summed E-state index contributed by atoms with van der Waals surface area (Å²) in [5.41, 5.74) is 2.91. The van der Waals surface area contributed by atoms with Gasteiger partial charge in [-0.05, 0) is 75.0 Å². The monoisotopic (exact) mass is 270 g/mol. The van der Waals surface area contributed by atoms with Crippen LogP contribution in [0.4, 0.5) is 0 Å². The molecule has 0 radical (unpaired) electrons. The van der Waals surface area contributed by atoms with Crippen molar-refractivity contribution in [2.45, 2.75) is 56.9 Å². The number of aromatic nitrogens is 1. The Kier molecular flexibility index (Phi) is 3.30. The molecule has 2 fully saturated rings. The zero-order valence-electron chi connectivity index (χ0n) is 12.5. The van der Waals surface area contributed by atoms with Crippen LogP contribution in [0.15, 0.2) is 18.3 Å². The van der Waals surface area contributed by atoms with E-state index in [0.717, 1.165) is 17.8 Å². The summed E-state index contributed by atoms with van der Waals surface area (Å²) in [6.07, 6.45) is 11.8. The maximum atomic E-state index is 4.76. The molecule has 4 rings (SSSR count). The Hall–Kier alpha value is -0.890. The van der Waals surface area contributed by atoms with E-state index in [1.54, 1.807) is 0 Å². The second-order valence-electron chi connectivity index (χ2n) is 7.20. The molecule has 2 saturated carbocycles. The van der Waals surface area contributed by atoms with E-state index in [1.165, 1.54) is 56.2 Å². The van der Waals surface area contributed by atoms with Crippen LogP contribution >= 0.6 is 0 Å². The first-order chi connectivity index (χ1) is 9.86. The molecule has 1 aromatic heterocycles. The summed E-state index contributed by atoms with van der Waals surface area (Å²) in [7, 11) is 2.17. The molecule has 5 unspecified atom stereocenters. The van der Waals surface area contributed by atoms with Gasteiger partial charge in [-0.15, -0.1) is 0 Å². The lowest BCUT2D eigenvalue weighted by Gasteiger charge is -2.38. The molecule has 1 heterocycles. The molecule has 3 aliphatic rings. The van der Waals surface area contributed by atoms with Gasteiger partial charge in [-0.3, -0.25) is 4.98 Å². The number of likely N-dealkylation sites (N-methyl/N-ethyl adjacent to an activating group) is 1. The van der Waals surface area contributed by atoms with E-state index in [1.807, 2.05) is 6.20 Å². The van der Waals surface area contributed by atoms with Crippen molar-refractivity contribution in [3.8, 4) is 0 Å². The molecule has 1 aromatic rings. The number of nitrogens with one attached hydrogen (secondary N) is 1. The van der Waals surface area contributed by atoms with Crippen LogP contribution in [-0.4, -0.2) is 18.1 Å². The highest BCUT2D eigenvalue weighted by molar-refractivity contribution is 5.28. The lowest BCUT2D eigenvalue weighted by atomic mass is 9.72. The van der Waals surface area contributed by atoms with E-state index in [-0.39, 0.29) is 0 Å². The largest absolute Gasteiger partial charge is 0.316 e. The number of hydrogen-bond donors (Lipinski definition) is 1. The summed E-state index contributed by atoms with van der Waals surface area (Å²) in [6, 6.07) is 5.05. The van der Waals surface area contributed by atoms with Crippen LogP contribution in [0.1, 0.15) is 55.7 Å². The quantitative estimate of drug-likeness (QED) is 0.909. The minimum atomic E-state index is 0.647. The first kappa shape index (κ1) is 12.8. The lowest BCUT2D eigenvalue weighted by molar-refractivity contribution is 0.218. The Bertz CT molecular complexity index is 484. The van der Waals surface area contributed by atoms with Crippen LogP contribution in [0, 0.1) is 17.8 Å². The third kappa shape index (κ3) is 2.00. The van der Waals surface area contributed by atoms with E-state index in [9.17, 15) is 0 Å². The zero-order valence-corrected chi connectivity index (χ0v) is 12.5. The first-order valence-corrected chi connectivity index (χ1v) is 8.48. The van der Waals surface area contributed by atoms with E-state index in [4.69, 9.17) is 4.98 Å². The molecule has 0 aromatic carbocycles. The molecule has 2 bridgehead atoms. The number of hydrogen-bond acceptors (Lipinski definition) is 2. The third-order valence-electron chi connectivity index (χ3n) is 6.26. The van der Waals surface area contributed by atoms with Crippen LogP contribution in [0.2, 0.25) is 0 Å². The Labute approximate surface area is 122 Å². The molecular formula is C18H26N2. The van der Waals surface area contributed by atoms with Gasteiger partial charge < -0.3 is 5.32 Å². The van der Waals surface area contributed by atoms with Gasteiger partial charge in [0.1, 0.15) is 0 Å². The van der Waals surface area contributed by atoms with Crippen molar-refractivity contribution in [1.82, 2.24) is 10.3 Å². The normalized spacial score (nSPS) is 36.9. The van der Waals surface area contributed by atoms with Gasteiger partial charge in [-0.1, -0.05) is 12.5 Å². The number of nitrogens with zero attached hydrogens (tertiary/aromatic N) is 1. The molecule has 0 aliphatic heterocycles. The van der Waals surface area contributed by atoms with E-state index in [2.05, 4.69) is 24.5 Å². The van der Waals surface area contributed by atoms with Gasteiger partial charge in [0.2, 0.25) is 0 Å². The Morgan fingerprint density at radius 1 is 1.25 bits per heavy atom. The highest BCUT2D eigenvalue weighted by atomic mass is 14.9. The predicted molar refractivity (Wildman–Crippen MR) is 81.7 cm³/mol. The van der Waals surface area contributed by atoms with Crippen molar-refractivity contribution < 1.29 is 0 Å². The Balaban J connectivity index is 1.62. The fourth-order valence-corrected chi connectivity index (χ4v) is 5.44. The second kappa shape index (κ2) is 5.14. The van der Waals surface area contributed by atoms with E-state index >= 15 is 0 Å². The Morgan fingerprint density at radius 2 is 2.20 bits per heavy atom. The molecule has 2 nitrogen and oxygen atoms in total. The van der Waals surface area contributed by atoms with Gasteiger partial charge in [0.05, 0.1) is 0 Å². The number of pyridine rings is 1. The fourth-order valence-electron chi connectivity index (χ4n) is 5.44. The highest BCUT2D eigenvalue weighted by Gasteiger charge is 2.45. The van der Waals surface area contributed by atoms with Crippen LogP contribution in [0.3, 0.4) is 0 Å². The molecule has 20 heavy (non-hydrogen) atoms. The van der Waals surface area contributed by atoms with Gasteiger partial charge >= 0.3 is 0 Å². The number of fused-ring (bicyclic) bond motifs is 3. The lowest BCUT2D eigenvalue weighted by Crippen LogP contribution is -2.42. The van der Waals surface area contributed by atoms with Crippen molar-refractivity contribution >= 4 is 0 Å². The topological polar surface area (TPSA) is 24.9 Å². The molecule has 0 amide bonds. The van der Waals surface area contributed by atoms with E-state index in [0.29, 0.717) is 12.0 Å². The second-order valence-corrected chi connectivity index (χ2v) is 7.20. The van der Waals surface area contributed by atoms with Crippen molar-refractivity contribution in [3.63, 3.8) is 0 Å². The summed E-state index contributed by atoms with van der Waals surface area (Å²) in [4.78, 5) is 4.76. The van der Waals surface area contributed by atoms with Crippen molar-refractivity contribution in [2.24, 2.45) is 17.8 Å². The highest BCUT2D eigenvalue weighted by Crippen LogP contribution is 2.52. The molecule has 1 N–H and O–H groups in total. The predicted octanol–water partition coefficient (Wildman–Crippen LogP) is 3.53. The standard InChI is InChI=1S/C18H26N2/c1-19-18(16-11-12-7-8-14(16)10-12)15-6-2-4-13-5-3-9-20-17(13)15/h3,5,9,12,14-16,18-19H,2,4,6-8,10-11H2,1H3. The minimum absolute atomic E-state index is 0.647. The van der Waals surface area contributed by atoms with Crippen molar-refractivity contribution in [1.29, 1.82) is 0 Å². The van der Waals surface area contributed by atoms with E-state index < -0.39 is 0 Å². The SMILES string of the molecule is CNC(C1CCCc2cccnc21)C1CC2CCC1C2. The molecule has 5 atom stereocenters. The molecule has 108 valence electrons. The first-order valence-electron chi connectivity index (χ1n) is 8.48. The smallest absolute Gasteiger partial charge is 0.0482 e. The minimum Gasteiger partial charge on any atom is -0.316 e. The van der Waals surface area contributed by atoms with Gasteiger partial charge in [0.25, 0.3) is 0 Å². The summed E-state index contributed by atoms with van der Waals surface area (Å²) >= 11 is 0. The van der Waals surface area contributed by atoms with Crippen LogP contribution in [0.5, 0.6) is 0 Å². The van der Waals surface area contributed by atoms with Crippen LogP contribution in [-0.2, 0) is 6.42 Å². The Morgan fingerprint density at radius 3 is 2.95 bits per heavy atom. The summed E-state index contributed by atoms with van der Waals surface area (Å²) in [5, 5.41) is 3.70. The van der Waals surface area contributed by atoms with Gasteiger partial charge in [0.15, 0.2) is 0 Å². The molecule has 0 saturated heterocycles. The van der Waals surface area contributed by atoms with Crippen LogP contribution in [0.25, 0.3) is 0 Å². The van der Waals surface area contributed by atoms with Gasteiger partial charge in [0, 0.05) is 23.9 Å². The average molecular weight is 270 g/mol. The van der Waals surface area contributed by atoms with Crippen molar-refractivity contribution in [3.05, 3.63) is 29.6 Å². The summed E-state index contributed by atoms with van der Waals surface area (Å²) in [5.74, 6) is 3.57.